The molecule has 0 bridgehead atoms. The standard InChI is InChI=1S/C24H30Cl2N4O/c1-15(28-24(31)30(3)19-8-10-29(2)11-9-19)20-6-7-21(23(26)22(20)25)18-12-17(13-27-14-18)16-4-5-16/h6-7,12-16,19H,4-5,8-11H2,1-3H3,(H,28,31). The normalized spacial score (nSPS) is 18.6. The van der Waals surface area contributed by atoms with Gasteiger partial charge in [0, 0.05) is 36.6 Å². The molecule has 1 unspecified atom stereocenters. The first-order valence-corrected chi connectivity index (χ1v) is 11.8. The molecule has 7 heteroatoms. The fraction of sp³-hybridized carbons (Fsp3) is 0.500. The minimum Gasteiger partial charge on any atom is -0.331 e. The average molecular weight is 461 g/mol. The van der Waals surface area contributed by atoms with E-state index in [9.17, 15) is 4.79 Å². The van der Waals surface area contributed by atoms with Gasteiger partial charge in [-0.15, -0.1) is 0 Å². The van der Waals surface area contributed by atoms with E-state index in [4.69, 9.17) is 23.2 Å². The number of piperidine rings is 1. The van der Waals surface area contributed by atoms with E-state index < -0.39 is 0 Å². The molecule has 1 aliphatic heterocycles. The van der Waals surface area contributed by atoms with E-state index in [2.05, 4.69) is 28.3 Å². The highest BCUT2D eigenvalue weighted by molar-refractivity contribution is 6.44. The number of benzene rings is 1. The van der Waals surface area contributed by atoms with Crippen molar-refractivity contribution < 1.29 is 4.79 Å². The number of carbonyl (C=O) groups is 1. The third-order valence-electron chi connectivity index (χ3n) is 6.59. The van der Waals surface area contributed by atoms with E-state index in [0.717, 1.165) is 42.6 Å². The number of hydrogen-bond acceptors (Lipinski definition) is 3. The molecule has 2 fully saturated rings. The van der Waals surface area contributed by atoms with Crippen LogP contribution in [0, 0.1) is 0 Å². The molecule has 0 radical (unpaired) electrons. The van der Waals surface area contributed by atoms with Crippen molar-refractivity contribution in [3.63, 3.8) is 0 Å². The summed E-state index contributed by atoms with van der Waals surface area (Å²) in [5, 5.41) is 4.06. The van der Waals surface area contributed by atoms with E-state index in [1.807, 2.05) is 43.4 Å². The Morgan fingerprint density at radius 3 is 2.55 bits per heavy atom. The summed E-state index contributed by atoms with van der Waals surface area (Å²) in [4.78, 5) is 21.3. The SMILES string of the molecule is CC(NC(=O)N(C)C1CCN(C)CC1)c1ccc(-c2cncc(C3CC3)c2)c(Cl)c1Cl. The van der Waals surface area contributed by atoms with Crippen LogP contribution < -0.4 is 5.32 Å². The topological polar surface area (TPSA) is 48.5 Å². The number of urea groups is 1. The number of halogens is 2. The highest BCUT2D eigenvalue weighted by atomic mass is 35.5. The molecule has 2 aromatic rings. The van der Waals surface area contributed by atoms with Gasteiger partial charge >= 0.3 is 6.03 Å². The van der Waals surface area contributed by atoms with Crippen LogP contribution in [0.2, 0.25) is 10.0 Å². The molecule has 2 amide bonds. The molecular formula is C24H30Cl2N4O. The molecule has 1 aromatic carbocycles. The van der Waals surface area contributed by atoms with Gasteiger partial charge in [-0.1, -0.05) is 35.3 Å². The molecule has 2 aliphatic rings. The van der Waals surface area contributed by atoms with Gasteiger partial charge in [0.2, 0.25) is 0 Å². The van der Waals surface area contributed by atoms with Crippen LogP contribution in [0.1, 0.15) is 55.7 Å². The van der Waals surface area contributed by atoms with Crippen LogP contribution in [0.25, 0.3) is 11.1 Å². The van der Waals surface area contributed by atoms with Crippen LogP contribution >= 0.6 is 23.2 Å². The lowest BCUT2D eigenvalue weighted by molar-refractivity contribution is 0.146. The Morgan fingerprint density at radius 1 is 1.16 bits per heavy atom. The maximum absolute atomic E-state index is 12.8. The Labute approximate surface area is 194 Å². The highest BCUT2D eigenvalue weighted by Crippen LogP contribution is 2.42. The van der Waals surface area contributed by atoms with Crippen molar-refractivity contribution in [1.29, 1.82) is 0 Å². The third-order valence-corrected chi connectivity index (χ3v) is 7.49. The Morgan fingerprint density at radius 2 is 1.87 bits per heavy atom. The number of aromatic nitrogens is 1. The molecule has 5 nitrogen and oxygen atoms in total. The lowest BCUT2D eigenvalue weighted by atomic mass is 10.0. The summed E-state index contributed by atoms with van der Waals surface area (Å²) in [6.45, 7) is 3.96. The Bertz CT molecular complexity index is 955. The lowest BCUT2D eigenvalue weighted by Crippen LogP contribution is -2.48. The molecule has 1 aromatic heterocycles. The first kappa shape index (κ1) is 22.4. The number of carbonyl (C=O) groups excluding carboxylic acids is 1. The van der Waals surface area contributed by atoms with Crippen molar-refractivity contribution >= 4 is 29.2 Å². The number of nitrogens with zero attached hydrogens (tertiary/aromatic N) is 3. The largest absolute Gasteiger partial charge is 0.331 e. The van der Waals surface area contributed by atoms with Crippen LogP contribution in [0.4, 0.5) is 4.79 Å². The minimum atomic E-state index is -0.254. The number of nitrogens with one attached hydrogen (secondary N) is 1. The first-order chi connectivity index (χ1) is 14.8. The second kappa shape index (κ2) is 9.35. The van der Waals surface area contributed by atoms with Crippen LogP contribution in [-0.4, -0.2) is 54.0 Å². The molecule has 4 rings (SSSR count). The van der Waals surface area contributed by atoms with Crippen molar-refractivity contribution in [2.45, 2.75) is 50.6 Å². The maximum Gasteiger partial charge on any atom is 0.317 e. The van der Waals surface area contributed by atoms with Crippen molar-refractivity contribution in [1.82, 2.24) is 20.1 Å². The number of rotatable bonds is 5. The van der Waals surface area contributed by atoms with Crippen LogP contribution in [0.3, 0.4) is 0 Å². The van der Waals surface area contributed by atoms with E-state index in [-0.39, 0.29) is 18.1 Å². The fourth-order valence-electron chi connectivity index (χ4n) is 4.28. The molecule has 2 heterocycles. The van der Waals surface area contributed by atoms with Gasteiger partial charge in [-0.25, -0.2) is 4.79 Å². The summed E-state index contributed by atoms with van der Waals surface area (Å²) in [6, 6.07) is 6.00. The van der Waals surface area contributed by atoms with Gasteiger partial charge < -0.3 is 15.1 Å². The molecule has 1 aliphatic carbocycles. The van der Waals surface area contributed by atoms with Crippen LogP contribution in [0.15, 0.2) is 30.6 Å². The predicted octanol–water partition coefficient (Wildman–Crippen LogP) is 5.73. The summed E-state index contributed by atoms with van der Waals surface area (Å²) >= 11 is 13.3. The second-order valence-corrected chi connectivity index (χ2v) is 9.68. The molecule has 0 spiro atoms. The number of pyridine rings is 1. The molecule has 31 heavy (non-hydrogen) atoms. The van der Waals surface area contributed by atoms with Gasteiger partial charge in [-0.05, 0) is 75.9 Å². The molecule has 1 N–H and O–H groups in total. The highest BCUT2D eigenvalue weighted by Gasteiger charge is 2.26. The summed E-state index contributed by atoms with van der Waals surface area (Å²) in [6.07, 6.45) is 8.19. The van der Waals surface area contributed by atoms with Gasteiger partial charge in [-0.3, -0.25) is 4.98 Å². The van der Waals surface area contributed by atoms with Gasteiger partial charge in [0.25, 0.3) is 0 Å². The number of likely N-dealkylation sites (tertiary alicyclic amines) is 1. The van der Waals surface area contributed by atoms with E-state index in [1.165, 1.54) is 18.4 Å². The molecule has 1 atom stereocenters. The zero-order valence-electron chi connectivity index (χ0n) is 18.4. The van der Waals surface area contributed by atoms with Crippen molar-refractivity contribution in [2.75, 3.05) is 27.2 Å². The Balaban J connectivity index is 1.47. The summed E-state index contributed by atoms with van der Waals surface area (Å²) in [5.74, 6) is 0.623. The summed E-state index contributed by atoms with van der Waals surface area (Å²) < 4.78 is 0. The zero-order chi connectivity index (χ0) is 22.1. The predicted molar refractivity (Wildman–Crippen MR) is 127 cm³/mol. The van der Waals surface area contributed by atoms with Gasteiger partial charge in [0.1, 0.15) is 0 Å². The minimum absolute atomic E-state index is 0.0837. The van der Waals surface area contributed by atoms with E-state index in [0.29, 0.717) is 16.0 Å². The summed E-state index contributed by atoms with van der Waals surface area (Å²) in [7, 11) is 3.99. The first-order valence-electron chi connectivity index (χ1n) is 11.0. The third kappa shape index (κ3) is 5.00. The van der Waals surface area contributed by atoms with Gasteiger partial charge in [0.05, 0.1) is 16.1 Å². The molecule has 1 saturated heterocycles. The fourth-order valence-corrected chi connectivity index (χ4v) is 4.89. The van der Waals surface area contributed by atoms with Crippen LogP contribution in [0.5, 0.6) is 0 Å². The lowest BCUT2D eigenvalue weighted by Gasteiger charge is -2.35. The van der Waals surface area contributed by atoms with E-state index >= 15 is 0 Å². The van der Waals surface area contributed by atoms with Crippen LogP contribution in [-0.2, 0) is 0 Å². The molecular weight excluding hydrogens is 431 g/mol. The zero-order valence-corrected chi connectivity index (χ0v) is 19.9. The number of hydrogen-bond donors (Lipinski definition) is 1. The van der Waals surface area contributed by atoms with Crippen molar-refractivity contribution in [3.05, 3.63) is 51.8 Å². The second-order valence-electron chi connectivity index (χ2n) is 8.93. The average Bonchev–Trinajstić information content (AvgIpc) is 3.61. The molecule has 1 saturated carbocycles. The Kier molecular flexibility index (Phi) is 6.75. The van der Waals surface area contributed by atoms with Gasteiger partial charge in [0.15, 0.2) is 0 Å². The maximum atomic E-state index is 12.8. The molecule has 166 valence electrons. The summed E-state index contributed by atoms with van der Waals surface area (Å²) in [5.41, 5.74) is 3.91. The van der Waals surface area contributed by atoms with E-state index in [1.54, 1.807) is 0 Å². The smallest absolute Gasteiger partial charge is 0.317 e. The monoisotopic (exact) mass is 460 g/mol. The van der Waals surface area contributed by atoms with Gasteiger partial charge in [-0.2, -0.15) is 0 Å². The number of amides is 2. The van der Waals surface area contributed by atoms with Crippen molar-refractivity contribution in [3.8, 4) is 11.1 Å². The van der Waals surface area contributed by atoms with Crippen molar-refractivity contribution in [2.24, 2.45) is 0 Å². The quantitative estimate of drug-likeness (QED) is 0.619. The Hall–Kier alpha value is -1.82.